The molecule has 0 atom stereocenters. The van der Waals surface area contributed by atoms with E-state index in [0.29, 0.717) is 10.3 Å². The summed E-state index contributed by atoms with van der Waals surface area (Å²) in [6.07, 6.45) is 2.16. The summed E-state index contributed by atoms with van der Waals surface area (Å²) in [4.78, 5) is 30.2. The lowest BCUT2D eigenvalue weighted by Crippen LogP contribution is -2.37. The Kier molecular flexibility index (Phi) is 4.13. The van der Waals surface area contributed by atoms with Crippen LogP contribution in [0.15, 0.2) is 0 Å². The molecule has 0 unspecified atom stereocenters. The Bertz CT molecular complexity index is 527. The summed E-state index contributed by atoms with van der Waals surface area (Å²) in [6, 6.07) is 0. The maximum Gasteiger partial charge on any atom is 0.358 e. The molecular formula is C14H20N2O3S. The number of carbonyl (C=O) groups excluding carboxylic acids is 2. The van der Waals surface area contributed by atoms with Crippen molar-refractivity contribution in [1.29, 1.82) is 0 Å². The summed E-state index contributed by atoms with van der Waals surface area (Å²) in [5.74, 6) is -0.693. The van der Waals surface area contributed by atoms with Crippen molar-refractivity contribution >= 4 is 28.2 Å². The molecule has 0 radical (unpaired) electrons. The van der Waals surface area contributed by atoms with Crippen LogP contribution in [0, 0.1) is 5.41 Å². The molecule has 0 aromatic carbocycles. The van der Waals surface area contributed by atoms with Gasteiger partial charge in [0.2, 0.25) is 0 Å². The van der Waals surface area contributed by atoms with E-state index in [-0.39, 0.29) is 11.5 Å². The molecule has 1 aromatic rings. The molecule has 1 aliphatic rings. The lowest BCUT2D eigenvalue weighted by Gasteiger charge is -2.36. The Hall–Kier alpha value is -1.43. The van der Waals surface area contributed by atoms with Gasteiger partial charge >= 0.3 is 5.97 Å². The number of esters is 1. The largest absolute Gasteiger partial charge is 0.464 e. The van der Waals surface area contributed by atoms with Crippen molar-refractivity contribution in [3.05, 3.63) is 10.6 Å². The van der Waals surface area contributed by atoms with Gasteiger partial charge in [0.15, 0.2) is 16.6 Å². The molecule has 1 fully saturated rings. The minimum Gasteiger partial charge on any atom is -0.464 e. The molecule has 0 bridgehead atoms. The molecule has 1 aliphatic heterocycles. The van der Waals surface area contributed by atoms with Gasteiger partial charge in [0.25, 0.3) is 0 Å². The molecule has 2 heterocycles. The van der Waals surface area contributed by atoms with Gasteiger partial charge in [0.05, 0.1) is 7.11 Å². The average molecular weight is 296 g/mol. The summed E-state index contributed by atoms with van der Waals surface area (Å²) in [5.41, 5.74) is 0.493. The van der Waals surface area contributed by atoms with E-state index in [0.717, 1.165) is 31.1 Å². The second-order valence-electron chi connectivity index (χ2n) is 5.87. The normalized spacial score (nSPS) is 17.9. The highest BCUT2D eigenvalue weighted by Crippen LogP contribution is 2.35. The third kappa shape index (κ3) is 3.00. The fourth-order valence-electron chi connectivity index (χ4n) is 2.22. The van der Waals surface area contributed by atoms with Gasteiger partial charge in [-0.25, -0.2) is 9.78 Å². The van der Waals surface area contributed by atoms with E-state index >= 15 is 0 Å². The molecule has 6 heteroatoms. The summed E-state index contributed by atoms with van der Waals surface area (Å²) in [6.45, 7) is 7.76. The van der Waals surface area contributed by atoms with Crippen molar-refractivity contribution in [3.63, 3.8) is 0 Å². The summed E-state index contributed by atoms with van der Waals surface area (Å²) >= 11 is 1.28. The number of hydrogen-bond acceptors (Lipinski definition) is 6. The van der Waals surface area contributed by atoms with Crippen molar-refractivity contribution in [2.24, 2.45) is 5.41 Å². The third-order valence-corrected chi connectivity index (χ3v) is 4.92. The van der Waals surface area contributed by atoms with Crippen LogP contribution in [-0.2, 0) is 4.74 Å². The molecule has 1 aromatic heterocycles. The smallest absolute Gasteiger partial charge is 0.358 e. The number of methoxy groups -OCH3 is 1. The first kappa shape index (κ1) is 15.0. The Morgan fingerprint density at radius 3 is 2.40 bits per heavy atom. The summed E-state index contributed by atoms with van der Waals surface area (Å²) < 4.78 is 4.70. The zero-order valence-corrected chi connectivity index (χ0v) is 13.2. The van der Waals surface area contributed by atoms with Crippen LogP contribution in [0.3, 0.4) is 0 Å². The topological polar surface area (TPSA) is 59.5 Å². The van der Waals surface area contributed by atoms with Crippen LogP contribution in [0.5, 0.6) is 0 Å². The second-order valence-corrected chi connectivity index (χ2v) is 6.85. The number of thiazole rings is 1. The first-order valence-corrected chi connectivity index (χ1v) is 7.51. The highest BCUT2D eigenvalue weighted by molar-refractivity contribution is 7.17. The van der Waals surface area contributed by atoms with Crippen LogP contribution in [0.25, 0.3) is 0 Å². The van der Waals surface area contributed by atoms with Gasteiger partial charge < -0.3 is 9.64 Å². The second kappa shape index (κ2) is 5.52. The molecule has 1 saturated heterocycles. The molecule has 0 spiro atoms. The van der Waals surface area contributed by atoms with Crippen LogP contribution in [0.4, 0.5) is 5.13 Å². The minimum absolute atomic E-state index is 0.143. The van der Waals surface area contributed by atoms with Crippen LogP contribution in [0.1, 0.15) is 53.8 Å². The van der Waals surface area contributed by atoms with E-state index in [9.17, 15) is 9.59 Å². The first-order chi connectivity index (χ1) is 9.34. The third-order valence-electron chi connectivity index (χ3n) is 3.70. The maximum absolute atomic E-state index is 11.7. The van der Waals surface area contributed by atoms with E-state index in [1.807, 2.05) is 0 Å². The fraction of sp³-hybridized carbons (Fsp3) is 0.643. The number of piperidine rings is 1. The SMILES string of the molecule is COC(=O)c1nc(N2CCC(C)(C)CC2)sc1C(C)=O. The number of ether oxygens (including phenoxy) is 1. The summed E-state index contributed by atoms with van der Waals surface area (Å²) in [7, 11) is 1.30. The quantitative estimate of drug-likeness (QED) is 0.634. The van der Waals surface area contributed by atoms with Crippen LogP contribution < -0.4 is 4.90 Å². The van der Waals surface area contributed by atoms with Crippen molar-refractivity contribution < 1.29 is 14.3 Å². The van der Waals surface area contributed by atoms with E-state index in [1.165, 1.54) is 25.4 Å². The maximum atomic E-state index is 11.7. The molecule has 0 aliphatic carbocycles. The van der Waals surface area contributed by atoms with Crippen molar-refractivity contribution in [3.8, 4) is 0 Å². The van der Waals surface area contributed by atoms with Crippen molar-refractivity contribution in [1.82, 2.24) is 4.98 Å². The minimum atomic E-state index is -0.546. The van der Waals surface area contributed by atoms with E-state index in [1.54, 1.807) is 0 Å². The zero-order chi connectivity index (χ0) is 14.9. The first-order valence-electron chi connectivity index (χ1n) is 6.69. The molecule has 110 valence electrons. The Morgan fingerprint density at radius 2 is 1.90 bits per heavy atom. The number of carbonyl (C=O) groups is 2. The Morgan fingerprint density at radius 1 is 1.30 bits per heavy atom. The monoisotopic (exact) mass is 296 g/mol. The number of anilines is 1. The van der Waals surface area contributed by atoms with Gasteiger partial charge in [-0.2, -0.15) is 0 Å². The molecule has 5 nitrogen and oxygen atoms in total. The van der Waals surface area contributed by atoms with Crippen LogP contribution >= 0.6 is 11.3 Å². The molecule has 20 heavy (non-hydrogen) atoms. The van der Waals surface area contributed by atoms with Crippen molar-refractivity contribution in [2.45, 2.75) is 33.6 Å². The standard InChI is InChI=1S/C14H20N2O3S/c1-9(17)11-10(12(18)19-4)15-13(20-11)16-7-5-14(2,3)6-8-16/h5-8H2,1-4H3. The van der Waals surface area contributed by atoms with Crippen LogP contribution in [0.2, 0.25) is 0 Å². The van der Waals surface area contributed by atoms with Gasteiger partial charge in [-0.15, -0.1) is 0 Å². The fourth-order valence-corrected chi connectivity index (χ4v) is 3.22. The van der Waals surface area contributed by atoms with Gasteiger partial charge in [-0.05, 0) is 18.3 Å². The van der Waals surface area contributed by atoms with E-state index < -0.39 is 5.97 Å². The molecule has 2 rings (SSSR count). The van der Waals surface area contributed by atoms with Gasteiger partial charge in [-0.1, -0.05) is 25.2 Å². The van der Waals surface area contributed by atoms with Crippen LogP contribution in [-0.4, -0.2) is 36.9 Å². The number of ketones is 1. The summed E-state index contributed by atoms with van der Waals surface area (Å²) in [5, 5.41) is 0.742. The number of aromatic nitrogens is 1. The number of Topliss-reactive ketones (excluding diaryl/α,β-unsaturated/α-hetero) is 1. The molecule has 0 N–H and O–H groups in total. The highest BCUT2D eigenvalue weighted by atomic mass is 32.1. The Labute approximate surface area is 122 Å². The lowest BCUT2D eigenvalue weighted by molar-refractivity contribution is 0.0591. The van der Waals surface area contributed by atoms with Gasteiger partial charge in [0.1, 0.15) is 4.88 Å². The Balaban J connectivity index is 2.25. The molecule has 0 saturated carbocycles. The zero-order valence-electron chi connectivity index (χ0n) is 12.4. The average Bonchev–Trinajstić information content (AvgIpc) is 2.83. The van der Waals surface area contributed by atoms with Crippen molar-refractivity contribution in [2.75, 3.05) is 25.1 Å². The van der Waals surface area contributed by atoms with Gasteiger partial charge in [0, 0.05) is 20.0 Å². The van der Waals surface area contributed by atoms with Gasteiger partial charge in [-0.3, -0.25) is 4.79 Å². The number of hydrogen-bond donors (Lipinski definition) is 0. The highest BCUT2D eigenvalue weighted by Gasteiger charge is 2.29. The lowest BCUT2D eigenvalue weighted by atomic mass is 9.83. The van der Waals surface area contributed by atoms with E-state index in [2.05, 4.69) is 23.7 Å². The number of nitrogens with zero attached hydrogens (tertiary/aromatic N) is 2. The predicted molar refractivity (Wildman–Crippen MR) is 78.7 cm³/mol. The van der Waals surface area contributed by atoms with E-state index in [4.69, 9.17) is 4.74 Å². The molecule has 0 amide bonds. The number of rotatable bonds is 3. The molecular weight excluding hydrogens is 276 g/mol. The predicted octanol–water partition coefficient (Wildman–Crippen LogP) is 2.76.